The summed E-state index contributed by atoms with van der Waals surface area (Å²) in [6, 6.07) is 4.58. The summed E-state index contributed by atoms with van der Waals surface area (Å²) in [5.74, 6) is -2.77. The van der Waals surface area contributed by atoms with E-state index < -0.39 is 29.4 Å². The van der Waals surface area contributed by atoms with Crippen molar-refractivity contribution in [2.75, 3.05) is 6.54 Å². The Morgan fingerprint density at radius 2 is 1.92 bits per heavy atom. The van der Waals surface area contributed by atoms with Gasteiger partial charge in [0.25, 0.3) is 11.7 Å². The molecule has 0 atom stereocenters. The SMILES string of the molecule is O=C(C(=O)N1CCn2c(nc(C(F)(F)F)c2-c2ccccn2)C1)c1c[nH]c2c(-n3ccnn3)ncc(F)c12. The second kappa shape index (κ2) is 8.57. The summed E-state index contributed by atoms with van der Waals surface area (Å²) in [4.78, 5) is 42.0. The summed E-state index contributed by atoms with van der Waals surface area (Å²) in [6.45, 7) is -0.468. The number of nitrogens with one attached hydrogen (secondary N) is 1. The summed E-state index contributed by atoms with van der Waals surface area (Å²) < 4.78 is 58.8. The average Bonchev–Trinajstić information content (AvgIpc) is 3.67. The van der Waals surface area contributed by atoms with Crippen LogP contribution in [0.2, 0.25) is 0 Å². The largest absolute Gasteiger partial charge is 0.435 e. The molecule has 1 aliphatic rings. The number of carbonyl (C=O) groups excluding carboxylic acids is 2. The smallest absolute Gasteiger partial charge is 0.357 e. The Bertz CT molecular complexity index is 1690. The predicted octanol–water partition coefficient (Wildman–Crippen LogP) is 2.79. The van der Waals surface area contributed by atoms with E-state index in [9.17, 15) is 27.2 Å². The van der Waals surface area contributed by atoms with Crippen molar-refractivity contribution in [1.82, 2.24) is 44.4 Å². The molecule has 0 bridgehead atoms. The number of halogens is 4. The van der Waals surface area contributed by atoms with Crippen LogP contribution in [0.3, 0.4) is 0 Å². The van der Waals surface area contributed by atoms with Crippen molar-refractivity contribution in [2.45, 2.75) is 19.3 Å². The van der Waals surface area contributed by atoms with Gasteiger partial charge >= 0.3 is 6.18 Å². The zero-order valence-corrected chi connectivity index (χ0v) is 19.1. The van der Waals surface area contributed by atoms with Gasteiger partial charge < -0.3 is 14.5 Å². The first-order valence-electron chi connectivity index (χ1n) is 11.2. The summed E-state index contributed by atoms with van der Waals surface area (Å²) in [7, 11) is 0. The van der Waals surface area contributed by atoms with Crippen LogP contribution in [-0.4, -0.2) is 62.6 Å². The lowest BCUT2D eigenvalue weighted by atomic mass is 10.1. The fourth-order valence-electron chi connectivity index (χ4n) is 4.49. The van der Waals surface area contributed by atoms with E-state index in [1.165, 1.54) is 40.1 Å². The van der Waals surface area contributed by atoms with Gasteiger partial charge in [0.15, 0.2) is 17.3 Å². The van der Waals surface area contributed by atoms with Crippen molar-refractivity contribution in [1.29, 1.82) is 0 Å². The average molecular weight is 525 g/mol. The van der Waals surface area contributed by atoms with E-state index in [0.717, 1.165) is 11.1 Å². The second-order valence-electron chi connectivity index (χ2n) is 8.38. The molecule has 0 spiro atoms. The van der Waals surface area contributed by atoms with Crippen molar-refractivity contribution in [3.8, 4) is 17.2 Å². The maximum Gasteiger partial charge on any atom is 0.435 e. The van der Waals surface area contributed by atoms with Crippen LogP contribution in [0.4, 0.5) is 17.6 Å². The minimum atomic E-state index is -4.76. The van der Waals surface area contributed by atoms with E-state index in [-0.39, 0.29) is 59.1 Å². The number of pyridine rings is 2. The van der Waals surface area contributed by atoms with Crippen molar-refractivity contribution < 1.29 is 27.2 Å². The molecule has 15 heteroatoms. The number of rotatable bonds is 4. The third-order valence-corrected chi connectivity index (χ3v) is 6.16. The molecule has 0 saturated heterocycles. The fraction of sp³-hybridized carbons (Fsp3) is 0.174. The Morgan fingerprint density at radius 1 is 1.08 bits per heavy atom. The van der Waals surface area contributed by atoms with Crippen molar-refractivity contribution in [3.05, 3.63) is 72.1 Å². The number of Topliss-reactive ketones (excluding diaryl/α,β-unsaturated/α-hetero) is 1. The van der Waals surface area contributed by atoms with Gasteiger partial charge in [-0.15, -0.1) is 5.10 Å². The number of carbonyl (C=O) groups is 2. The summed E-state index contributed by atoms with van der Waals surface area (Å²) in [6.07, 6.45) is 1.54. The normalized spacial score (nSPS) is 13.6. The van der Waals surface area contributed by atoms with E-state index in [1.54, 1.807) is 12.1 Å². The molecule has 1 amide bonds. The molecule has 1 N–H and O–H groups in total. The number of imidazole rings is 1. The highest BCUT2D eigenvalue weighted by molar-refractivity contribution is 6.45. The Labute approximate surface area is 209 Å². The lowest BCUT2D eigenvalue weighted by Gasteiger charge is -2.28. The molecule has 0 aliphatic carbocycles. The Kier molecular flexibility index (Phi) is 5.29. The van der Waals surface area contributed by atoms with Gasteiger partial charge in [-0.05, 0) is 12.1 Å². The van der Waals surface area contributed by atoms with E-state index in [4.69, 9.17) is 0 Å². The third kappa shape index (κ3) is 3.70. The zero-order valence-electron chi connectivity index (χ0n) is 19.1. The summed E-state index contributed by atoms with van der Waals surface area (Å²) in [5.41, 5.74) is -1.38. The van der Waals surface area contributed by atoms with E-state index >= 15 is 0 Å². The van der Waals surface area contributed by atoms with Gasteiger partial charge in [0.05, 0.1) is 53.0 Å². The number of hydrogen-bond donors (Lipinski definition) is 1. The van der Waals surface area contributed by atoms with Gasteiger partial charge in [0.2, 0.25) is 0 Å². The second-order valence-corrected chi connectivity index (χ2v) is 8.38. The Morgan fingerprint density at radius 3 is 2.63 bits per heavy atom. The number of H-pyrrole nitrogens is 1. The highest BCUT2D eigenvalue weighted by Gasteiger charge is 2.41. The topological polar surface area (TPSA) is 127 Å². The molecule has 192 valence electrons. The van der Waals surface area contributed by atoms with Gasteiger partial charge in [-0.2, -0.15) is 13.2 Å². The zero-order chi connectivity index (χ0) is 26.6. The highest BCUT2D eigenvalue weighted by Crippen LogP contribution is 2.38. The molecule has 1 aliphatic heterocycles. The number of aromatic nitrogens is 8. The maximum atomic E-state index is 14.8. The number of fused-ring (bicyclic) bond motifs is 2. The molecule has 5 aromatic rings. The van der Waals surface area contributed by atoms with E-state index in [1.807, 2.05) is 0 Å². The number of alkyl halides is 3. The number of amides is 1. The van der Waals surface area contributed by atoms with Crippen LogP contribution < -0.4 is 0 Å². The van der Waals surface area contributed by atoms with Crippen LogP contribution in [0.1, 0.15) is 21.9 Å². The molecule has 0 radical (unpaired) electrons. The highest BCUT2D eigenvalue weighted by atomic mass is 19.4. The summed E-state index contributed by atoms with van der Waals surface area (Å²) >= 11 is 0. The van der Waals surface area contributed by atoms with Gasteiger partial charge in [-0.1, -0.05) is 11.3 Å². The maximum absolute atomic E-state index is 14.8. The quantitative estimate of drug-likeness (QED) is 0.217. The number of ketones is 1. The van der Waals surface area contributed by atoms with Crippen LogP contribution in [0.15, 0.2) is 49.2 Å². The Balaban J connectivity index is 1.34. The molecular formula is C23H15F4N9O2. The fourth-order valence-corrected chi connectivity index (χ4v) is 4.49. The molecule has 0 saturated carbocycles. The van der Waals surface area contributed by atoms with Crippen LogP contribution in [-0.2, 0) is 24.1 Å². The van der Waals surface area contributed by atoms with Crippen molar-refractivity contribution >= 4 is 22.6 Å². The predicted molar refractivity (Wildman–Crippen MR) is 121 cm³/mol. The monoisotopic (exact) mass is 525 g/mol. The molecule has 0 aromatic carbocycles. The lowest BCUT2D eigenvalue weighted by Crippen LogP contribution is -2.42. The molecule has 6 heterocycles. The first-order chi connectivity index (χ1) is 18.2. The van der Waals surface area contributed by atoms with Crippen molar-refractivity contribution in [2.24, 2.45) is 0 Å². The van der Waals surface area contributed by atoms with Crippen LogP contribution >= 0.6 is 0 Å². The standard InChI is InChI=1S/C23H15F4N9O2/c24-13-10-30-21(36-6-5-31-33-36)17-16(13)12(9-29-17)19(37)22(38)34-7-8-35-15(11-34)32-20(23(25,26)27)18(35)14-3-1-2-4-28-14/h1-6,9-10,29H,7-8,11H2. The molecule has 11 nitrogen and oxygen atoms in total. The first-order valence-corrected chi connectivity index (χ1v) is 11.2. The molecule has 0 fully saturated rings. The van der Waals surface area contributed by atoms with Gasteiger partial charge in [-0.3, -0.25) is 14.6 Å². The molecular weight excluding hydrogens is 510 g/mol. The Hall–Kier alpha value is -4.95. The van der Waals surface area contributed by atoms with Gasteiger partial charge in [-0.25, -0.2) is 19.0 Å². The van der Waals surface area contributed by atoms with E-state index in [2.05, 4.69) is 30.2 Å². The third-order valence-electron chi connectivity index (χ3n) is 6.16. The number of aromatic amines is 1. The molecule has 5 aromatic heterocycles. The molecule has 38 heavy (non-hydrogen) atoms. The minimum Gasteiger partial charge on any atom is -0.357 e. The lowest BCUT2D eigenvalue weighted by molar-refractivity contribution is -0.140. The minimum absolute atomic E-state index is 0.0480. The number of hydrogen-bond acceptors (Lipinski definition) is 7. The van der Waals surface area contributed by atoms with Crippen molar-refractivity contribution in [3.63, 3.8) is 0 Å². The van der Waals surface area contributed by atoms with Crippen LogP contribution in [0.25, 0.3) is 28.1 Å². The first kappa shape index (κ1) is 23.4. The number of nitrogens with zero attached hydrogens (tertiary/aromatic N) is 8. The van der Waals surface area contributed by atoms with Crippen LogP contribution in [0.5, 0.6) is 0 Å². The van der Waals surface area contributed by atoms with Crippen LogP contribution in [0, 0.1) is 5.82 Å². The molecule has 0 unspecified atom stereocenters. The summed E-state index contributed by atoms with van der Waals surface area (Å²) in [5, 5.41) is 7.31. The van der Waals surface area contributed by atoms with Gasteiger partial charge in [0, 0.05) is 25.5 Å². The van der Waals surface area contributed by atoms with E-state index in [0.29, 0.717) is 0 Å². The van der Waals surface area contributed by atoms with Gasteiger partial charge in [0.1, 0.15) is 5.82 Å². The molecule has 6 rings (SSSR count).